The molecule has 0 bridgehead atoms. The molecule has 0 atom stereocenters. The highest BCUT2D eigenvalue weighted by Gasteiger charge is 2.37. The Morgan fingerprint density at radius 2 is 1.76 bits per heavy atom. The summed E-state index contributed by atoms with van der Waals surface area (Å²) in [6, 6.07) is 0.853. The van der Waals surface area contributed by atoms with Crippen LogP contribution in [0, 0.1) is 0 Å². The fourth-order valence-electron chi connectivity index (χ4n) is 2.12. The van der Waals surface area contributed by atoms with Crippen LogP contribution in [-0.4, -0.2) is 60.7 Å². The molecule has 0 radical (unpaired) electrons. The first-order valence-corrected chi connectivity index (χ1v) is 7.77. The van der Waals surface area contributed by atoms with Crippen molar-refractivity contribution in [2.45, 2.75) is 18.9 Å². The van der Waals surface area contributed by atoms with Crippen molar-refractivity contribution in [3.8, 4) is 0 Å². The second kappa shape index (κ2) is 6.39. The number of allylic oxidation sites excluding steroid dienone is 1. The van der Waals surface area contributed by atoms with E-state index in [1.54, 1.807) is 21.3 Å². The van der Waals surface area contributed by atoms with Crippen molar-refractivity contribution >= 4 is 8.80 Å². The van der Waals surface area contributed by atoms with Crippen molar-refractivity contribution in [3.63, 3.8) is 0 Å². The van der Waals surface area contributed by atoms with Crippen molar-refractivity contribution in [1.82, 2.24) is 9.80 Å². The molecule has 0 aromatic carbocycles. The van der Waals surface area contributed by atoms with Gasteiger partial charge >= 0.3 is 8.80 Å². The van der Waals surface area contributed by atoms with Crippen LogP contribution in [-0.2, 0) is 13.3 Å². The Labute approximate surface area is 105 Å². The molecule has 1 aliphatic rings. The summed E-state index contributed by atoms with van der Waals surface area (Å²) in [6.45, 7) is 0.969. The molecule has 17 heavy (non-hydrogen) atoms. The van der Waals surface area contributed by atoms with Crippen LogP contribution in [0.25, 0.3) is 0 Å². The van der Waals surface area contributed by atoms with Crippen molar-refractivity contribution in [2.75, 3.05) is 42.1 Å². The monoisotopic (exact) mass is 260 g/mol. The average molecular weight is 260 g/mol. The molecule has 1 aliphatic heterocycles. The Hall–Kier alpha value is -0.563. The molecule has 0 aliphatic carbocycles. The summed E-state index contributed by atoms with van der Waals surface area (Å²) < 4.78 is 16.2. The molecule has 100 valence electrons. The van der Waals surface area contributed by atoms with Gasteiger partial charge in [-0.3, -0.25) is 0 Å². The Balaban J connectivity index is 2.39. The lowest BCUT2D eigenvalue weighted by Gasteiger charge is -2.24. The molecule has 5 nitrogen and oxygen atoms in total. The van der Waals surface area contributed by atoms with E-state index in [1.165, 1.54) is 5.70 Å². The maximum Gasteiger partial charge on any atom is 0.500 e. The summed E-state index contributed by atoms with van der Waals surface area (Å²) in [5.41, 5.74) is 1.36. The second-order valence-corrected chi connectivity index (χ2v) is 7.46. The minimum Gasteiger partial charge on any atom is -0.377 e. The Morgan fingerprint density at radius 3 is 2.18 bits per heavy atom. The number of nitrogens with zero attached hydrogens (tertiary/aromatic N) is 2. The molecule has 0 spiro atoms. The van der Waals surface area contributed by atoms with Gasteiger partial charge in [0.05, 0.1) is 6.67 Å². The zero-order valence-electron chi connectivity index (χ0n) is 11.5. The minimum atomic E-state index is -2.39. The van der Waals surface area contributed by atoms with Gasteiger partial charge in [-0.05, 0) is 12.8 Å². The van der Waals surface area contributed by atoms with E-state index in [1.807, 2.05) is 0 Å². The highest BCUT2D eigenvalue weighted by molar-refractivity contribution is 6.60. The standard InChI is InChI=1S/C11H24N2O3Si/c1-12-9-11(13(2)10-12)7-6-8-17(14-3,15-4)16-5/h9H,6-8,10H2,1-5H3. The van der Waals surface area contributed by atoms with Gasteiger partial charge in [0.15, 0.2) is 0 Å². The van der Waals surface area contributed by atoms with E-state index in [2.05, 4.69) is 30.1 Å². The predicted octanol–water partition coefficient (Wildman–Crippen LogP) is 1.32. The second-order valence-electron chi connectivity index (χ2n) is 4.37. The van der Waals surface area contributed by atoms with Gasteiger partial charge in [0.25, 0.3) is 0 Å². The quantitative estimate of drug-likeness (QED) is 0.645. The van der Waals surface area contributed by atoms with Crippen LogP contribution in [0.5, 0.6) is 0 Å². The Morgan fingerprint density at radius 1 is 1.18 bits per heavy atom. The first-order chi connectivity index (χ1) is 8.06. The third kappa shape index (κ3) is 3.70. The predicted molar refractivity (Wildman–Crippen MR) is 69.3 cm³/mol. The zero-order chi connectivity index (χ0) is 12.9. The van der Waals surface area contributed by atoms with Gasteiger partial charge in [0.1, 0.15) is 0 Å². The minimum absolute atomic E-state index is 0.853. The molecule has 0 fully saturated rings. The van der Waals surface area contributed by atoms with Crippen LogP contribution in [0.4, 0.5) is 0 Å². The van der Waals surface area contributed by atoms with Crippen LogP contribution < -0.4 is 0 Å². The maximum absolute atomic E-state index is 5.40. The van der Waals surface area contributed by atoms with E-state index >= 15 is 0 Å². The highest BCUT2D eigenvalue weighted by Crippen LogP contribution is 2.22. The van der Waals surface area contributed by atoms with Gasteiger partial charge in [-0.1, -0.05) is 0 Å². The van der Waals surface area contributed by atoms with Crippen LogP contribution in [0.15, 0.2) is 11.9 Å². The molecule has 1 heterocycles. The van der Waals surface area contributed by atoms with Crippen LogP contribution in [0.2, 0.25) is 6.04 Å². The average Bonchev–Trinajstić information content (AvgIpc) is 2.64. The van der Waals surface area contributed by atoms with Gasteiger partial charge < -0.3 is 23.1 Å². The van der Waals surface area contributed by atoms with Crippen LogP contribution in [0.3, 0.4) is 0 Å². The summed E-state index contributed by atoms with van der Waals surface area (Å²) in [5.74, 6) is 0. The SMILES string of the molecule is CO[Si](CCCC1=CN(C)CN1C)(OC)OC. The van der Waals surface area contributed by atoms with E-state index in [0.29, 0.717) is 0 Å². The molecular weight excluding hydrogens is 236 g/mol. The smallest absolute Gasteiger partial charge is 0.377 e. The largest absolute Gasteiger partial charge is 0.500 e. The van der Waals surface area contributed by atoms with E-state index < -0.39 is 8.80 Å². The summed E-state index contributed by atoms with van der Waals surface area (Å²) >= 11 is 0. The summed E-state index contributed by atoms with van der Waals surface area (Å²) in [5, 5.41) is 0. The molecule has 0 aromatic heterocycles. The first kappa shape index (κ1) is 14.5. The van der Waals surface area contributed by atoms with Gasteiger partial charge in [0.2, 0.25) is 0 Å². The van der Waals surface area contributed by atoms with Crippen molar-refractivity contribution in [2.24, 2.45) is 0 Å². The normalized spacial score (nSPS) is 16.6. The molecule has 0 saturated carbocycles. The van der Waals surface area contributed by atoms with Gasteiger partial charge in [-0.2, -0.15) is 0 Å². The van der Waals surface area contributed by atoms with Crippen molar-refractivity contribution < 1.29 is 13.3 Å². The molecule has 0 amide bonds. The number of hydrogen-bond donors (Lipinski definition) is 0. The lowest BCUT2D eigenvalue weighted by Crippen LogP contribution is -2.42. The summed E-state index contributed by atoms with van der Waals surface area (Å²) in [7, 11) is 6.79. The van der Waals surface area contributed by atoms with Crippen molar-refractivity contribution in [3.05, 3.63) is 11.9 Å². The van der Waals surface area contributed by atoms with Crippen molar-refractivity contribution in [1.29, 1.82) is 0 Å². The Bertz CT molecular complexity index is 261. The molecule has 0 N–H and O–H groups in total. The highest BCUT2D eigenvalue weighted by atomic mass is 28.4. The van der Waals surface area contributed by atoms with Gasteiger partial charge in [-0.15, -0.1) is 0 Å². The van der Waals surface area contributed by atoms with E-state index in [9.17, 15) is 0 Å². The third-order valence-electron chi connectivity index (χ3n) is 3.14. The lowest BCUT2D eigenvalue weighted by atomic mass is 10.2. The van der Waals surface area contributed by atoms with E-state index in [0.717, 1.165) is 25.6 Å². The maximum atomic E-state index is 5.40. The van der Waals surface area contributed by atoms with Crippen LogP contribution >= 0.6 is 0 Å². The molecule has 0 unspecified atom stereocenters. The topological polar surface area (TPSA) is 34.2 Å². The fraction of sp³-hybridized carbons (Fsp3) is 0.818. The summed E-state index contributed by atoms with van der Waals surface area (Å²) in [6.07, 6.45) is 4.24. The lowest BCUT2D eigenvalue weighted by molar-refractivity contribution is 0.123. The summed E-state index contributed by atoms with van der Waals surface area (Å²) in [4.78, 5) is 4.44. The third-order valence-corrected chi connectivity index (χ3v) is 5.98. The van der Waals surface area contributed by atoms with E-state index in [-0.39, 0.29) is 0 Å². The van der Waals surface area contributed by atoms with E-state index in [4.69, 9.17) is 13.3 Å². The van der Waals surface area contributed by atoms with Crippen LogP contribution in [0.1, 0.15) is 12.8 Å². The molecule has 1 rings (SSSR count). The molecule has 6 heteroatoms. The molecular formula is C11H24N2O3Si. The fourth-order valence-corrected chi connectivity index (χ4v) is 3.84. The van der Waals surface area contributed by atoms with Gasteiger partial charge in [-0.25, -0.2) is 0 Å². The number of hydrogen-bond acceptors (Lipinski definition) is 5. The zero-order valence-corrected chi connectivity index (χ0v) is 12.5. The van der Waals surface area contributed by atoms with Gasteiger partial charge in [0, 0.05) is 53.4 Å². The molecule has 0 saturated heterocycles. The first-order valence-electron chi connectivity index (χ1n) is 5.84. The number of rotatable bonds is 7. The molecule has 0 aromatic rings. The Kier molecular flexibility index (Phi) is 5.45.